The van der Waals surface area contributed by atoms with Crippen molar-refractivity contribution >= 4 is 35.3 Å². The summed E-state index contributed by atoms with van der Waals surface area (Å²) < 4.78 is 10.9. The van der Waals surface area contributed by atoms with Crippen LogP contribution in [0.1, 0.15) is 89.2 Å². The molecule has 4 aliphatic rings. The summed E-state index contributed by atoms with van der Waals surface area (Å²) in [5.41, 5.74) is 4.96. The molecule has 6 rings (SSSR count). The number of benzene rings is 2. The van der Waals surface area contributed by atoms with Gasteiger partial charge in [0.05, 0.1) is 0 Å². The van der Waals surface area contributed by atoms with Crippen molar-refractivity contribution in [3.63, 3.8) is 0 Å². The lowest BCUT2D eigenvalue weighted by Gasteiger charge is -2.57. The van der Waals surface area contributed by atoms with E-state index in [1.807, 2.05) is 67.6 Å². The van der Waals surface area contributed by atoms with Crippen LogP contribution >= 0.6 is 0 Å². The number of allylic oxidation sites excluding steroid dienone is 1. The van der Waals surface area contributed by atoms with E-state index in [-0.39, 0.29) is 61.6 Å². The van der Waals surface area contributed by atoms with Crippen LogP contribution in [0.5, 0.6) is 0 Å². The fourth-order valence-corrected chi connectivity index (χ4v) is 10.2. The molecule has 0 heterocycles. The lowest BCUT2D eigenvalue weighted by atomic mass is 9.46. The zero-order valence-electron chi connectivity index (χ0n) is 32.4. The first-order chi connectivity index (χ1) is 26.8. The molecule has 0 spiro atoms. The minimum absolute atomic E-state index is 0.00419. The number of rotatable bonds is 15. The normalized spacial score (nSPS) is 29.1. The minimum Gasteiger partial charge on any atom is -0.456 e. The summed E-state index contributed by atoms with van der Waals surface area (Å²) in [6.45, 7) is 3.54. The van der Waals surface area contributed by atoms with E-state index in [4.69, 9.17) is 15.2 Å². The Kier molecular flexibility index (Phi) is 12.6. The number of hydrogen-bond acceptors (Lipinski definition) is 10. The molecule has 2 aromatic carbocycles. The molecule has 3 saturated carbocycles. The van der Waals surface area contributed by atoms with Crippen molar-refractivity contribution < 1.29 is 43.3 Å². The highest BCUT2D eigenvalue weighted by Crippen LogP contribution is 2.66. The summed E-state index contributed by atoms with van der Waals surface area (Å²) in [6.07, 6.45) is 5.40. The maximum atomic E-state index is 14.0. The summed E-state index contributed by atoms with van der Waals surface area (Å²) in [4.78, 5) is 80.6. The predicted octanol–water partition coefficient (Wildman–Crippen LogP) is 4.69. The molecule has 12 heteroatoms. The minimum atomic E-state index is -1.89. The predicted molar refractivity (Wildman–Crippen MR) is 207 cm³/mol. The van der Waals surface area contributed by atoms with Crippen LogP contribution in [0, 0.1) is 28.6 Å². The number of amides is 2. The average molecular weight is 770 g/mol. The largest absolute Gasteiger partial charge is 0.456 e. The quantitative estimate of drug-likeness (QED) is 0.146. The zero-order valence-corrected chi connectivity index (χ0v) is 32.4. The van der Waals surface area contributed by atoms with Crippen molar-refractivity contribution in [1.82, 2.24) is 10.6 Å². The molecule has 0 saturated heterocycles. The third-order valence-electron chi connectivity index (χ3n) is 13.3. The first-order valence-electron chi connectivity index (χ1n) is 20.0. The van der Waals surface area contributed by atoms with Gasteiger partial charge in [0.25, 0.3) is 0 Å². The summed E-state index contributed by atoms with van der Waals surface area (Å²) in [5, 5.41) is 17.5. The van der Waals surface area contributed by atoms with E-state index >= 15 is 0 Å². The molecule has 5 N–H and O–H groups in total. The highest BCUT2D eigenvalue weighted by Gasteiger charge is 2.68. The number of aliphatic hydroxyl groups is 1. The van der Waals surface area contributed by atoms with E-state index < -0.39 is 58.9 Å². The van der Waals surface area contributed by atoms with Crippen molar-refractivity contribution in [2.24, 2.45) is 34.3 Å². The number of ketones is 3. The number of ether oxygens (including phenoxy) is 2. The Morgan fingerprint density at radius 3 is 2.27 bits per heavy atom. The highest BCUT2D eigenvalue weighted by molar-refractivity contribution is 5.96. The third kappa shape index (κ3) is 8.37. The summed E-state index contributed by atoms with van der Waals surface area (Å²) in [6, 6.07) is 15.9. The molecule has 4 aliphatic carbocycles. The number of alkyl carbamates (subject to hydrolysis) is 1. The van der Waals surface area contributed by atoms with Gasteiger partial charge in [-0.2, -0.15) is 0 Å². The first-order valence-corrected chi connectivity index (χ1v) is 20.0. The Bertz CT molecular complexity index is 1830. The third-order valence-corrected chi connectivity index (χ3v) is 13.3. The molecule has 56 heavy (non-hydrogen) atoms. The van der Waals surface area contributed by atoms with Crippen LogP contribution in [-0.4, -0.2) is 71.3 Å². The molecule has 0 aromatic heterocycles. The Hall–Kier alpha value is -4.68. The summed E-state index contributed by atoms with van der Waals surface area (Å²) in [5.74, 6) is -2.47. The highest BCUT2D eigenvalue weighted by atomic mass is 16.5. The van der Waals surface area contributed by atoms with Gasteiger partial charge < -0.3 is 30.9 Å². The Morgan fingerprint density at radius 2 is 1.57 bits per heavy atom. The van der Waals surface area contributed by atoms with Crippen molar-refractivity contribution in [1.29, 1.82) is 0 Å². The van der Waals surface area contributed by atoms with E-state index in [1.165, 1.54) is 0 Å². The van der Waals surface area contributed by atoms with Gasteiger partial charge >= 0.3 is 12.1 Å². The molecule has 300 valence electrons. The molecular formula is C44H55N3O9. The van der Waals surface area contributed by atoms with Crippen LogP contribution in [0.15, 0.2) is 72.3 Å². The van der Waals surface area contributed by atoms with Gasteiger partial charge in [0.15, 0.2) is 12.4 Å². The zero-order chi connectivity index (χ0) is 40.1. The molecule has 8 unspecified atom stereocenters. The molecule has 0 radical (unpaired) electrons. The van der Waals surface area contributed by atoms with Crippen molar-refractivity contribution in [2.75, 3.05) is 13.2 Å². The maximum Gasteiger partial charge on any atom is 0.408 e. The summed E-state index contributed by atoms with van der Waals surface area (Å²) >= 11 is 0. The van der Waals surface area contributed by atoms with Crippen LogP contribution in [0.3, 0.4) is 0 Å². The van der Waals surface area contributed by atoms with E-state index in [2.05, 4.69) is 17.6 Å². The number of Topliss-reactive ketones (excluding diaryl/α,β-unsaturated/α-hetero) is 2. The van der Waals surface area contributed by atoms with Gasteiger partial charge in [-0.1, -0.05) is 80.1 Å². The maximum absolute atomic E-state index is 14.0. The monoisotopic (exact) mass is 769 g/mol. The number of fused-ring (bicyclic) bond motifs is 5. The number of esters is 1. The van der Waals surface area contributed by atoms with Gasteiger partial charge in [-0.15, -0.1) is 0 Å². The lowest BCUT2D eigenvalue weighted by Crippen LogP contribution is -2.61. The van der Waals surface area contributed by atoms with Gasteiger partial charge in [-0.25, -0.2) is 9.59 Å². The average Bonchev–Trinajstić information content (AvgIpc) is 3.46. The summed E-state index contributed by atoms with van der Waals surface area (Å²) in [7, 11) is 0. The molecule has 0 bridgehead atoms. The fourth-order valence-electron chi connectivity index (χ4n) is 10.2. The number of carbonyl (C=O) groups excluding carboxylic acids is 6. The molecule has 0 aliphatic heterocycles. The van der Waals surface area contributed by atoms with Crippen molar-refractivity contribution in [3.8, 4) is 0 Å². The molecule has 2 amide bonds. The van der Waals surface area contributed by atoms with Crippen LogP contribution in [0.2, 0.25) is 0 Å². The standard InChI is InChI=1S/C44H55N3O9/c1-42-20-18-31(48)24-30(42)16-17-32-33-19-21-44(54,43(33,2)25-36(49)38(32)42)37(50)27-55-40(52)34(15-9-10-22-45)46-39(51)35(23-28-11-5-3-6-12-28)47-41(53)56-26-29-13-7-4-8-14-29/h3-8,11-14,24,32-35,38,54H,9-10,15-23,25-27,45H2,1-2H3,(H,46,51)(H,47,53). The van der Waals surface area contributed by atoms with Gasteiger partial charge in [-0.05, 0) is 92.4 Å². The number of hydrogen-bond donors (Lipinski definition) is 4. The number of unbranched alkanes of at least 4 members (excludes halogenated alkanes) is 1. The van der Waals surface area contributed by atoms with Gasteiger partial charge in [0, 0.05) is 30.6 Å². The van der Waals surface area contributed by atoms with Crippen LogP contribution < -0.4 is 16.4 Å². The topological polar surface area (TPSA) is 191 Å². The molecule has 12 nitrogen and oxygen atoms in total. The van der Waals surface area contributed by atoms with Gasteiger partial charge in [-0.3, -0.25) is 19.2 Å². The number of carbonyl (C=O) groups is 6. The Balaban J connectivity index is 1.12. The molecule has 3 fully saturated rings. The molecular weight excluding hydrogens is 714 g/mol. The van der Waals surface area contributed by atoms with E-state index in [1.54, 1.807) is 6.08 Å². The molecule has 8 atom stereocenters. The number of nitrogens with one attached hydrogen (secondary N) is 2. The Labute approximate surface area is 328 Å². The Morgan fingerprint density at radius 1 is 0.875 bits per heavy atom. The number of nitrogens with two attached hydrogens (primary N) is 1. The van der Waals surface area contributed by atoms with Crippen molar-refractivity contribution in [3.05, 3.63) is 83.4 Å². The van der Waals surface area contributed by atoms with Crippen LogP contribution in [0.4, 0.5) is 4.79 Å². The molecule has 2 aromatic rings. The second-order valence-electron chi connectivity index (χ2n) is 16.6. The van der Waals surface area contributed by atoms with Gasteiger partial charge in [0.1, 0.15) is 30.1 Å². The first kappa shape index (κ1) is 41.0. The fraction of sp³-hybridized carbons (Fsp3) is 0.545. The second-order valence-corrected chi connectivity index (χ2v) is 16.6. The smallest absolute Gasteiger partial charge is 0.408 e. The van der Waals surface area contributed by atoms with Crippen LogP contribution in [-0.2, 0) is 46.5 Å². The lowest BCUT2D eigenvalue weighted by molar-refractivity contribution is -0.174. The second kappa shape index (κ2) is 17.2. The SMILES string of the molecule is CC12CCC(=O)C=C1CCC1C2C(=O)CC2(C)C1CCC2(O)C(=O)COC(=O)C(CCCCN)NC(=O)C(Cc1ccccc1)NC(=O)OCc1ccccc1. The van der Waals surface area contributed by atoms with Crippen LogP contribution in [0.25, 0.3) is 0 Å². The van der Waals surface area contributed by atoms with Gasteiger partial charge in [0.2, 0.25) is 11.7 Å². The van der Waals surface area contributed by atoms with E-state index in [0.29, 0.717) is 51.5 Å². The van der Waals surface area contributed by atoms with Crippen molar-refractivity contribution in [2.45, 2.75) is 109 Å². The van der Waals surface area contributed by atoms with E-state index in [0.717, 1.165) is 16.7 Å². The van der Waals surface area contributed by atoms with E-state index in [9.17, 15) is 33.9 Å².